The summed E-state index contributed by atoms with van der Waals surface area (Å²) in [6, 6.07) is 33.4. The molecular formula is C32H30O6. The van der Waals surface area contributed by atoms with Gasteiger partial charge in [0.1, 0.15) is 23.0 Å². The number of aliphatic hydroxyl groups is 2. The van der Waals surface area contributed by atoms with E-state index >= 15 is 0 Å². The Balaban J connectivity index is 1.35. The average molecular weight is 511 g/mol. The molecule has 0 aromatic heterocycles. The van der Waals surface area contributed by atoms with Gasteiger partial charge < -0.3 is 29.2 Å². The molecule has 6 nitrogen and oxygen atoms in total. The van der Waals surface area contributed by atoms with Crippen molar-refractivity contribution in [3.8, 4) is 23.0 Å². The summed E-state index contributed by atoms with van der Waals surface area (Å²) in [5, 5.41) is 26.1. The van der Waals surface area contributed by atoms with Gasteiger partial charge in [-0.25, -0.2) is 0 Å². The zero-order valence-electron chi connectivity index (χ0n) is 21.3. The predicted octanol–water partition coefficient (Wildman–Crippen LogP) is 7.02. The Morgan fingerprint density at radius 1 is 0.500 bits per heavy atom. The molecule has 0 fully saturated rings. The first-order chi connectivity index (χ1) is 18.4. The van der Waals surface area contributed by atoms with E-state index in [2.05, 4.69) is 0 Å². The van der Waals surface area contributed by atoms with Crippen LogP contribution in [0, 0.1) is 0 Å². The zero-order chi connectivity index (χ0) is 26.6. The van der Waals surface area contributed by atoms with Gasteiger partial charge in [0.05, 0.1) is 12.8 Å². The fourth-order valence-corrected chi connectivity index (χ4v) is 4.21. The van der Waals surface area contributed by atoms with Crippen LogP contribution in [0.5, 0.6) is 23.0 Å². The van der Waals surface area contributed by atoms with Crippen LogP contribution in [0.3, 0.4) is 0 Å². The summed E-state index contributed by atoms with van der Waals surface area (Å²) in [4.78, 5) is 0. The molecule has 0 spiro atoms. The molecule has 6 heteroatoms. The summed E-state index contributed by atoms with van der Waals surface area (Å²) in [7, 11) is 0. The molecule has 0 aliphatic rings. The van der Waals surface area contributed by atoms with E-state index < -0.39 is 11.9 Å². The maximum Gasteiger partial charge on any atom is 0.368 e. The minimum absolute atomic E-state index is 0.157. The number of ether oxygens (including phenoxy) is 4. The third-order valence-corrected chi connectivity index (χ3v) is 6.29. The lowest BCUT2D eigenvalue weighted by atomic mass is 10.1. The SMILES string of the molecule is CCC(O)(Oc1cccc(OC(O)(CC)Oc2cccc3ccccc23)c1)Oc1cccc2ccccc12. The van der Waals surface area contributed by atoms with Gasteiger partial charge in [-0.2, -0.15) is 0 Å². The van der Waals surface area contributed by atoms with Crippen LogP contribution in [0.25, 0.3) is 21.5 Å². The number of hydrogen-bond acceptors (Lipinski definition) is 6. The second-order valence-corrected chi connectivity index (χ2v) is 8.97. The molecule has 0 heterocycles. The molecule has 0 aliphatic carbocycles. The minimum atomic E-state index is -1.93. The van der Waals surface area contributed by atoms with Gasteiger partial charge in [-0.1, -0.05) is 92.7 Å². The number of hydrogen-bond donors (Lipinski definition) is 2. The Labute approximate surface area is 221 Å². The highest BCUT2D eigenvalue weighted by Crippen LogP contribution is 2.33. The maximum absolute atomic E-state index is 11.2. The summed E-state index contributed by atoms with van der Waals surface area (Å²) in [5.41, 5.74) is 0. The van der Waals surface area contributed by atoms with E-state index in [0.29, 0.717) is 23.0 Å². The van der Waals surface area contributed by atoms with E-state index in [1.54, 1.807) is 50.2 Å². The molecule has 0 bridgehead atoms. The normalized spacial score (nSPS) is 14.4. The lowest BCUT2D eigenvalue weighted by Crippen LogP contribution is -2.42. The molecule has 2 atom stereocenters. The Morgan fingerprint density at radius 2 is 0.895 bits per heavy atom. The molecule has 0 saturated carbocycles. The van der Waals surface area contributed by atoms with Gasteiger partial charge in [0, 0.05) is 16.8 Å². The molecule has 0 radical (unpaired) electrons. The first-order valence-electron chi connectivity index (χ1n) is 12.7. The highest BCUT2D eigenvalue weighted by Gasteiger charge is 2.33. The summed E-state index contributed by atoms with van der Waals surface area (Å²) in [6.07, 6.45) is 0.314. The minimum Gasteiger partial charge on any atom is -0.430 e. The summed E-state index contributed by atoms with van der Waals surface area (Å²) in [5.74, 6) is -2.24. The summed E-state index contributed by atoms with van der Waals surface area (Å²) >= 11 is 0. The van der Waals surface area contributed by atoms with Crippen molar-refractivity contribution in [3.63, 3.8) is 0 Å². The summed E-state index contributed by atoms with van der Waals surface area (Å²) < 4.78 is 23.7. The van der Waals surface area contributed by atoms with E-state index in [0.717, 1.165) is 21.5 Å². The number of fused-ring (bicyclic) bond motifs is 2. The van der Waals surface area contributed by atoms with Crippen molar-refractivity contribution >= 4 is 21.5 Å². The highest BCUT2D eigenvalue weighted by atomic mass is 16.8. The molecule has 2 unspecified atom stereocenters. The quantitative estimate of drug-likeness (QED) is 0.197. The topological polar surface area (TPSA) is 77.4 Å². The number of rotatable bonds is 10. The fraction of sp³-hybridized carbons (Fsp3) is 0.188. The third kappa shape index (κ3) is 5.52. The third-order valence-electron chi connectivity index (χ3n) is 6.29. The molecule has 5 aromatic rings. The molecule has 0 amide bonds. The molecular weight excluding hydrogens is 480 g/mol. The average Bonchev–Trinajstić information content (AvgIpc) is 2.93. The van der Waals surface area contributed by atoms with Crippen molar-refractivity contribution in [2.24, 2.45) is 0 Å². The van der Waals surface area contributed by atoms with Crippen LogP contribution in [0.4, 0.5) is 0 Å². The molecule has 5 rings (SSSR count). The Kier molecular flexibility index (Phi) is 7.09. The Bertz CT molecular complexity index is 1430. The molecule has 0 aliphatic heterocycles. The smallest absolute Gasteiger partial charge is 0.368 e. The van der Waals surface area contributed by atoms with Crippen LogP contribution in [0.2, 0.25) is 0 Å². The van der Waals surface area contributed by atoms with Crippen LogP contribution in [-0.4, -0.2) is 22.2 Å². The lowest BCUT2D eigenvalue weighted by molar-refractivity contribution is -0.275. The Hall–Kier alpha value is -4.26. The second kappa shape index (κ2) is 10.6. The monoisotopic (exact) mass is 510 g/mol. The first-order valence-corrected chi connectivity index (χ1v) is 12.7. The van der Waals surface area contributed by atoms with Gasteiger partial charge in [-0.15, -0.1) is 0 Å². The maximum atomic E-state index is 11.2. The molecule has 194 valence electrons. The first kappa shape index (κ1) is 25.4. The van der Waals surface area contributed by atoms with Gasteiger partial charge in [0.2, 0.25) is 0 Å². The van der Waals surface area contributed by atoms with E-state index in [1.807, 2.05) is 72.8 Å². The van der Waals surface area contributed by atoms with Crippen molar-refractivity contribution in [1.82, 2.24) is 0 Å². The van der Waals surface area contributed by atoms with Gasteiger partial charge in [-0.3, -0.25) is 0 Å². The van der Waals surface area contributed by atoms with Crippen molar-refractivity contribution in [2.75, 3.05) is 0 Å². The highest BCUT2D eigenvalue weighted by molar-refractivity contribution is 5.89. The van der Waals surface area contributed by atoms with Crippen LogP contribution in [0.15, 0.2) is 109 Å². The molecule has 38 heavy (non-hydrogen) atoms. The van der Waals surface area contributed by atoms with E-state index in [-0.39, 0.29) is 12.8 Å². The van der Waals surface area contributed by atoms with Crippen LogP contribution in [0.1, 0.15) is 26.7 Å². The lowest BCUT2D eigenvalue weighted by Gasteiger charge is -2.30. The summed E-state index contributed by atoms with van der Waals surface area (Å²) in [6.45, 7) is 3.53. The number of benzene rings is 5. The van der Waals surface area contributed by atoms with E-state index in [4.69, 9.17) is 18.9 Å². The standard InChI is InChI=1S/C32H30O6/c1-3-31(33,37-29-20-9-14-23-12-5-7-18-27(23)29)35-25-16-11-17-26(22-25)36-32(34,4-2)38-30-21-10-15-24-13-6-8-19-28(24)30/h5-22,33-34H,3-4H2,1-2H3. The molecule has 5 aromatic carbocycles. The van der Waals surface area contributed by atoms with Crippen molar-refractivity contribution < 1.29 is 29.2 Å². The van der Waals surface area contributed by atoms with Crippen LogP contribution < -0.4 is 18.9 Å². The van der Waals surface area contributed by atoms with Crippen molar-refractivity contribution in [3.05, 3.63) is 109 Å². The van der Waals surface area contributed by atoms with Gasteiger partial charge >= 0.3 is 11.9 Å². The predicted molar refractivity (Wildman–Crippen MR) is 147 cm³/mol. The van der Waals surface area contributed by atoms with Crippen LogP contribution >= 0.6 is 0 Å². The van der Waals surface area contributed by atoms with Crippen molar-refractivity contribution in [1.29, 1.82) is 0 Å². The van der Waals surface area contributed by atoms with Crippen LogP contribution in [-0.2, 0) is 0 Å². The largest absolute Gasteiger partial charge is 0.430 e. The van der Waals surface area contributed by atoms with E-state index in [9.17, 15) is 10.2 Å². The van der Waals surface area contributed by atoms with Gasteiger partial charge in [0.25, 0.3) is 0 Å². The zero-order valence-corrected chi connectivity index (χ0v) is 21.3. The fourth-order valence-electron chi connectivity index (χ4n) is 4.21. The van der Waals surface area contributed by atoms with Crippen molar-refractivity contribution in [2.45, 2.75) is 38.6 Å². The molecule has 0 saturated heterocycles. The van der Waals surface area contributed by atoms with Gasteiger partial charge in [0.15, 0.2) is 0 Å². The molecule has 2 N–H and O–H groups in total. The second-order valence-electron chi connectivity index (χ2n) is 8.97. The Morgan fingerprint density at radius 3 is 1.34 bits per heavy atom. The van der Waals surface area contributed by atoms with E-state index in [1.165, 1.54) is 0 Å². The van der Waals surface area contributed by atoms with Gasteiger partial charge in [-0.05, 0) is 35.0 Å².